The number of phenolic OH excluding ortho intramolecular Hbond substituents is 1. The number of phenols is 1. The summed E-state index contributed by atoms with van der Waals surface area (Å²) in [6.45, 7) is 1.92. The fourth-order valence-corrected chi connectivity index (χ4v) is 2.71. The highest BCUT2D eigenvalue weighted by Crippen LogP contribution is 2.32. The van der Waals surface area contributed by atoms with Gasteiger partial charge in [-0.3, -0.25) is 4.79 Å². The summed E-state index contributed by atoms with van der Waals surface area (Å²) in [5.74, 6) is 0.0704. The lowest BCUT2D eigenvalue weighted by molar-refractivity contribution is -0.111. The van der Waals surface area contributed by atoms with Gasteiger partial charge in [0.1, 0.15) is 0 Å². The first-order chi connectivity index (χ1) is 12.9. The largest absolute Gasteiger partial charge is 0.504 e. The van der Waals surface area contributed by atoms with Crippen molar-refractivity contribution in [3.05, 3.63) is 60.2 Å². The van der Waals surface area contributed by atoms with Gasteiger partial charge in [0.05, 0.1) is 24.6 Å². The number of benzene rings is 2. The number of hydrogen-bond acceptors (Lipinski definition) is 5. The van der Waals surface area contributed by atoms with Gasteiger partial charge in [0.2, 0.25) is 5.91 Å². The van der Waals surface area contributed by atoms with Crippen LogP contribution in [0.4, 0.5) is 11.4 Å². The Morgan fingerprint density at radius 1 is 1.30 bits per heavy atom. The van der Waals surface area contributed by atoms with Crippen molar-refractivity contribution in [3.63, 3.8) is 0 Å². The zero-order valence-electron chi connectivity index (χ0n) is 15.6. The molecule has 0 heterocycles. The Bertz CT molecular complexity index is 805. The zero-order valence-corrected chi connectivity index (χ0v) is 15.6. The van der Waals surface area contributed by atoms with Gasteiger partial charge in [-0.2, -0.15) is 0 Å². The van der Waals surface area contributed by atoms with Crippen LogP contribution in [0.3, 0.4) is 0 Å². The fraction of sp³-hybridized carbons (Fsp3) is 0.286. The lowest BCUT2D eigenvalue weighted by atomic mass is 9.93. The number of carbonyl (C=O) groups excluding carboxylic acids is 1. The Labute approximate surface area is 159 Å². The van der Waals surface area contributed by atoms with Gasteiger partial charge in [-0.25, -0.2) is 0 Å². The molecule has 1 amide bonds. The van der Waals surface area contributed by atoms with E-state index in [2.05, 4.69) is 5.32 Å². The fourth-order valence-electron chi connectivity index (χ4n) is 2.71. The van der Waals surface area contributed by atoms with Gasteiger partial charge < -0.3 is 26.0 Å². The molecule has 0 saturated carbocycles. The number of rotatable bonds is 8. The number of ether oxygens (including phenoxy) is 1. The van der Waals surface area contributed by atoms with Gasteiger partial charge in [-0.05, 0) is 54.7 Å². The molecule has 2 atom stereocenters. The standard InChI is InChI=1S/C21H26N2O4/c1-14(21(26)15-11-12-19(27-2)18(24)13-15)7-3-6-10-20(25)23-17-9-5-4-8-16(17)22/h4-6,8-14,21,24,26H,3,7,22H2,1-2H3,(H,23,25)/b10-6+/t14-,21-/m1/s1. The number of aliphatic hydroxyl groups is 1. The van der Waals surface area contributed by atoms with Crippen molar-refractivity contribution in [1.29, 1.82) is 0 Å². The monoisotopic (exact) mass is 370 g/mol. The number of aliphatic hydroxyl groups excluding tert-OH is 1. The summed E-state index contributed by atoms with van der Waals surface area (Å²) < 4.78 is 5.01. The number of hydrogen-bond donors (Lipinski definition) is 4. The van der Waals surface area contributed by atoms with Crippen molar-refractivity contribution in [2.75, 3.05) is 18.2 Å². The van der Waals surface area contributed by atoms with Crippen LogP contribution in [-0.2, 0) is 4.79 Å². The van der Waals surface area contributed by atoms with Crippen LogP contribution >= 0.6 is 0 Å². The highest BCUT2D eigenvalue weighted by molar-refractivity contribution is 6.01. The van der Waals surface area contributed by atoms with E-state index < -0.39 is 6.10 Å². The van der Waals surface area contributed by atoms with Gasteiger partial charge in [0, 0.05) is 0 Å². The molecule has 5 N–H and O–H groups in total. The van der Waals surface area contributed by atoms with Crippen LogP contribution in [0.25, 0.3) is 0 Å². The normalized spacial score (nSPS) is 13.3. The predicted octanol–water partition coefficient (Wildman–Crippen LogP) is 3.63. The maximum atomic E-state index is 11.9. The molecule has 0 bridgehead atoms. The Morgan fingerprint density at radius 2 is 2.04 bits per heavy atom. The second-order valence-electron chi connectivity index (χ2n) is 6.41. The third-order valence-electron chi connectivity index (χ3n) is 4.36. The van der Waals surface area contributed by atoms with Gasteiger partial charge in [-0.15, -0.1) is 0 Å². The van der Waals surface area contributed by atoms with Gasteiger partial charge in [0.25, 0.3) is 0 Å². The number of nitrogens with one attached hydrogen (secondary N) is 1. The minimum atomic E-state index is -0.715. The molecule has 0 spiro atoms. The van der Waals surface area contributed by atoms with Crippen molar-refractivity contribution < 1.29 is 19.7 Å². The van der Waals surface area contributed by atoms with Crippen molar-refractivity contribution in [1.82, 2.24) is 0 Å². The molecule has 2 rings (SSSR count). The van der Waals surface area contributed by atoms with E-state index in [-0.39, 0.29) is 17.6 Å². The van der Waals surface area contributed by atoms with Crippen LogP contribution in [0.15, 0.2) is 54.6 Å². The number of nitrogen functional groups attached to an aromatic ring is 1. The average Bonchev–Trinajstić information content (AvgIpc) is 2.66. The van der Waals surface area contributed by atoms with E-state index in [1.54, 1.807) is 42.5 Å². The Hall–Kier alpha value is -2.99. The molecular weight excluding hydrogens is 344 g/mol. The van der Waals surface area contributed by atoms with Gasteiger partial charge >= 0.3 is 0 Å². The molecule has 0 aliphatic carbocycles. The zero-order chi connectivity index (χ0) is 19.8. The number of methoxy groups -OCH3 is 1. The van der Waals surface area contributed by atoms with Crippen molar-refractivity contribution in [2.24, 2.45) is 5.92 Å². The number of allylic oxidation sites excluding steroid dienone is 1. The summed E-state index contributed by atoms with van der Waals surface area (Å²) in [6, 6.07) is 11.9. The van der Waals surface area contributed by atoms with Gasteiger partial charge in [-0.1, -0.05) is 31.2 Å². The maximum Gasteiger partial charge on any atom is 0.248 e. The van der Waals surface area contributed by atoms with Crippen molar-refractivity contribution >= 4 is 17.3 Å². The molecule has 27 heavy (non-hydrogen) atoms. The van der Waals surface area contributed by atoms with E-state index in [0.717, 1.165) is 0 Å². The summed E-state index contributed by atoms with van der Waals surface area (Å²) in [5.41, 5.74) is 7.51. The number of aromatic hydroxyl groups is 1. The molecule has 6 heteroatoms. The molecule has 0 aliphatic heterocycles. The first-order valence-electron chi connectivity index (χ1n) is 8.79. The average molecular weight is 370 g/mol. The Kier molecular flexibility index (Phi) is 7.25. The Morgan fingerprint density at radius 3 is 2.70 bits per heavy atom. The van der Waals surface area contributed by atoms with Crippen LogP contribution in [0.1, 0.15) is 31.4 Å². The minimum Gasteiger partial charge on any atom is -0.504 e. The third-order valence-corrected chi connectivity index (χ3v) is 4.36. The molecule has 0 fully saturated rings. The molecular formula is C21H26N2O4. The van der Waals surface area contributed by atoms with Crippen molar-refractivity contribution in [2.45, 2.75) is 25.9 Å². The number of para-hydroxylation sites is 2. The number of anilines is 2. The van der Waals surface area contributed by atoms with E-state index >= 15 is 0 Å². The number of carbonyl (C=O) groups is 1. The second kappa shape index (κ2) is 9.64. The molecule has 2 aromatic rings. The molecule has 6 nitrogen and oxygen atoms in total. The minimum absolute atomic E-state index is 0.00185. The Balaban J connectivity index is 1.83. The van der Waals surface area contributed by atoms with Crippen LogP contribution in [0.2, 0.25) is 0 Å². The highest BCUT2D eigenvalue weighted by Gasteiger charge is 2.17. The first kappa shape index (κ1) is 20.3. The summed E-state index contributed by atoms with van der Waals surface area (Å²) >= 11 is 0. The molecule has 0 aliphatic rings. The van der Waals surface area contributed by atoms with Crippen molar-refractivity contribution in [3.8, 4) is 11.5 Å². The second-order valence-corrected chi connectivity index (χ2v) is 6.41. The van der Waals surface area contributed by atoms with E-state index in [0.29, 0.717) is 35.5 Å². The summed E-state index contributed by atoms with van der Waals surface area (Å²) in [4.78, 5) is 11.9. The topological polar surface area (TPSA) is 105 Å². The van der Waals surface area contributed by atoms with E-state index in [1.165, 1.54) is 19.3 Å². The molecule has 0 saturated heterocycles. The van der Waals surface area contributed by atoms with E-state index in [4.69, 9.17) is 10.5 Å². The van der Waals surface area contributed by atoms with Crippen LogP contribution in [0.5, 0.6) is 11.5 Å². The lowest BCUT2D eigenvalue weighted by Crippen LogP contribution is -2.10. The van der Waals surface area contributed by atoms with Crippen LogP contribution in [0, 0.1) is 5.92 Å². The molecule has 144 valence electrons. The highest BCUT2D eigenvalue weighted by atomic mass is 16.5. The number of nitrogens with two attached hydrogens (primary N) is 1. The smallest absolute Gasteiger partial charge is 0.248 e. The van der Waals surface area contributed by atoms with E-state index in [1.807, 2.05) is 6.92 Å². The maximum absolute atomic E-state index is 11.9. The SMILES string of the molecule is COc1ccc([C@H](O)[C@H](C)CC/C=C/C(=O)Nc2ccccc2N)cc1O. The predicted molar refractivity (Wildman–Crippen MR) is 107 cm³/mol. The van der Waals surface area contributed by atoms with Crippen LogP contribution in [-0.4, -0.2) is 23.2 Å². The molecule has 0 radical (unpaired) electrons. The molecule has 0 unspecified atom stereocenters. The quantitative estimate of drug-likeness (QED) is 0.419. The number of amides is 1. The van der Waals surface area contributed by atoms with Gasteiger partial charge in [0.15, 0.2) is 11.5 Å². The lowest BCUT2D eigenvalue weighted by Gasteiger charge is -2.19. The molecule has 0 aromatic heterocycles. The molecule has 2 aromatic carbocycles. The summed E-state index contributed by atoms with van der Waals surface area (Å²) in [5, 5.41) is 23.0. The summed E-state index contributed by atoms with van der Waals surface area (Å²) in [7, 11) is 1.47. The summed E-state index contributed by atoms with van der Waals surface area (Å²) in [6.07, 6.45) is 3.84. The van der Waals surface area contributed by atoms with E-state index in [9.17, 15) is 15.0 Å². The first-order valence-corrected chi connectivity index (χ1v) is 8.79. The van der Waals surface area contributed by atoms with Crippen LogP contribution < -0.4 is 15.8 Å². The third kappa shape index (κ3) is 5.76.